The maximum Gasteiger partial charge on any atom is 0.326 e. The number of nitrogens with zero attached hydrogens (tertiary/aromatic N) is 1. The van der Waals surface area contributed by atoms with Crippen LogP contribution in [0.5, 0.6) is 0 Å². The van der Waals surface area contributed by atoms with Crippen LogP contribution in [-0.4, -0.2) is 62.2 Å². The van der Waals surface area contributed by atoms with Crippen LogP contribution in [0.15, 0.2) is 24.3 Å². The van der Waals surface area contributed by atoms with E-state index in [2.05, 4.69) is 10.0 Å². The molecule has 138 valence electrons. The predicted molar refractivity (Wildman–Crippen MR) is 93.8 cm³/mol. The molecule has 0 aromatic heterocycles. The van der Waals surface area contributed by atoms with Crippen molar-refractivity contribution in [2.45, 2.75) is 31.3 Å². The largest absolute Gasteiger partial charge is 0.480 e. The van der Waals surface area contributed by atoms with Crippen molar-refractivity contribution in [3.05, 3.63) is 29.8 Å². The highest BCUT2D eigenvalue weighted by molar-refractivity contribution is 7.92. The zero-order valence-corrected chi connectivity index (χ0v) is 15.0. The molecule has 1 fully saturated rings. The van der Waals surface area contributed by atoms with Gasteiger partial charge in [-0.2, -0.15) is 0 Å². The van der Waals surface area contributed by atoms with Gasteiger partial charge in [-0.3, -0.25) is 14.4 Å². The second kappa shape index (κ2) is 7.83. The second-order valence-corrected chi connectivity index (χ2v) is 8.06. The standard InChI is InChI=1S/C16H23N3O5S/c1-19-9-3-4-14(19)15(20)17-13(16(21)22)10-11-5-7-12(8-6-11)18-25(2,23)24/h5-8,13-14,18H,3-4,9-10H2,1-2H3,(H,17,20)(H,21,22)/t13-,14-/m0/s1. The van der Waals surface area contributed by atoms with E-state index in [1.807, 2.05) is 11.9 Å². The average molecular weight is 369 g/mol. The number of hydrogen-bond donors (Lipinski definition) is 3. The first-order valence-corrected chi connectivity index (χ1v) is 9.85. The SMILES string of the molecule is CN1CCC[C@H]1C(=O)N[C@@H](Cc1ccc(NS(C)(=O)=O)cc1)C(=O)O. The average Bonchev–Trinajstić information content (AvgIpc) is 2.93. The van der Waals surface area contributed by atoms with Crippen molar-refractivity contribution in [2.75, 3.05) is 24.6 Å². The number of carboxylic acids is 1. The lowest BCUT2D eigenvalue weighted by Crippen LogP contribution is -2.49. The van der Waals surface area contributed by atoms with Crippen molar-refractivity contribution >= 4 is 27.6 Å². The fourth-order valence-electron chi connectivity index (χ4n) is 2.87. The predicted octanol–water partition coefficient (Wildman–Crippen LogP) is 0.264. The van der Waals surface area contributed by atoms with Crippen molar-refractivity contribution in [2.24, 2.45) is 0 Å². The molecule has 0 spiro atoms. The molecular formula is C16H23N3O5S. The van der Waals surface area contributed by atoms with Gasteiger partial charge in [-0.25, -0.2) is 13.2 Å². The summed E-state index contributed by atoms with van der Waals surface area (Å²) < 4.78 is 24.7. The van der Waals surface area contributed by atoms with Gasteiger partial charge < -0.3 is 10.4 Å². The van der Waals surface area contributed by atoms with E-state index in [4.69, 9.17) is 0 Å². The number of rotatable bonds is 7. The van der Waals surface area contributed by atoms with Gasteiger partial charge in [0.2, 0.25) is 15.9 Å². The third-order valence-electron chi connectivity index (χ3n) is 4.13. The number of carbonyl (C=O) groups excluding carboxylic acids is 1. The van der Waals surface area contributed by atoms with E-state index in [9.17, 15) is 23.1 Å². The number of nitrogens with one attached hydrogen (secondary N) is 2. The lowest BCUT2D eigenvalue weighted by Gasteiger charge is -2.22. The zero-order valence-electron chi connectivity index (χ0n) is 14.2. The number of carbonyl (C=O) groups is 2. The molecule has 0 radical (unpaired) electrons. The molecule has 3 N–H and O–H groups in total. The number of likely N-dealkylation sites (N-methyl/N-ethyl adjacent to an activating group) is 1. The lowest BCUT2D eigenvalue weighted by atomic mass is 10.0. The van der Waals surface area contributed by atoms with Gasteiger partial charge in [0.25, 0.3) is 0 Å². The van der Waals surface area contributed by atoms with E-state index in [0.29, 0.717) is 11.3 Å². The molecule has 1 heterocycles. The second-order valence-electron chi connectivity index (χ2n) is 6.31. The summed E-state index contributed by atoms with van der Waals surface area (Å²) in [7, 11) is -1.52. The van der Waals surface area contributed by atoms with E-state index in [1.165, 1.54) is 0 Å². The summed E-state index contributed by atoms with van der Waals surface area (Å²) in [5, 5.41) is 12.0. The van der Waals surface area contributed by atoms with Crippen LogP contribution < -0.4 is 10.0 Å². The van der Waals surface area contributed by atoms with Crippen molar-refractivity contribution in [3.63, 3.8) is 0 Å². The Labute approximate surface area is 147 Å². The number of aliphatic carboxylic acids is 1. The van der Waals surface area contributed by atoms with Crippen LogP contribution in [0.2, 0.25) is 0 Å². The number of likely N-dealkylation sites (tertiary alicyclic amines) is 1. The van der Waals surface area contributed by atoms with Crippen molar-refractivity contribution in [3.8, 4) is 0 Å². The summed E-state index contributed by atoms with van der Waals surface area (Å²) in [5.74, 6) is -1.38. The molecule has 2 atom stereocenters. The summed E-state index contributed by atoms with van der Waals surface area (Å²) >= 11 is 0. The summed E-state index contributed by atoms with van der Waals surface area (Å²) in [5.41, 5.74) is 1.08. The van der Waals surface area contributed by atoms with Crippen LogP contribution in [0.25, 0.3) is 0 Å². The summed E-state index contributed by atoms with van der Waals surface area (Å²) in [4.78, 5) is 25.7. The molecule has 1 aromatic rings. The normalized spacial score (nSPS) is 19.4. The first kappa shape index (κ1) is 19.2. The molecule has 1 aliphatic heterocycles. The van der Waals surface area contributed by atoms with Crippen LogP contribution in [0.1, 0.15) is 18.4 Å². The maximum atomic E-state index is 12.3. The molecule has 25 heavy (non-hydrogen) atoms. The van der Waals surface area contributed by atoms with Crippen LogP contribution in [0.3, 0.4) is 0 Å². The van der Waals surface area contributed by atoms with E-state index in [1.54, 1.807) is 24.3 Å². The molecule has 0 unspecified atom stereocenters. The summed E-state index contributed by atoms with van der Waals surface area (Å²) in [6.45, 7) is 0.824. The van der Waals surface area contributed by atoms with Gasteiger partial charge in [0, 0.05) is 12.1 Å². The van der Waals surface area contributed by atoms with Crippen LogP contribution in [0.4, 0.5) is 5.69 Å². The Hall–Kier alpha value is -2.13. The van der Waals surface area contributed by atoms with Crippen molar-refractivity contribution < 1.29 is 23.1 Å². The molecule has 1 aromatic carbocycles. The number of amides is 1. The number of carboxylic acid groups (broad SMARTS) is 1. The number of benzene rings is 1. The Morgan fingerprint density at radius 1 is 1.32 bits per heavy atom. The molecule has 2 rings (SSSR count). The fourth-order valence-corrected chi connectivity index (χ4v) is 3.43. The minimum Gasteiger partial charge on any atom is -0.480 e. The monoisotopic (exact) mass is 369 g/mol. The fraction of sp³-hybridized carbons (Fsp3) is 0.500. The topological polar surface area (TPSA) is 116 Å². The molecule has 0 aliphatic carbocycles. The Kier molecular flexibility index (Phi) is 6.02. The van der Waals surface area contributed by atoms with Crippen LogP contribution in [0, 0.1) is 0 Å². The highest BCUT2D eigenvalue weighted by atomic mass is 32.2. The third kappa shape index (κ3) is 5.71. The summed E-state index contributed by atoms with van der Waals surface area (Å²) in [6.07, 6.45) is 2.81. The molecule has 1 saturated heterocycles. The van der Waals surface area contributed by atoms with E-state index in [0.717, 1.165) is 25.6 Å². The number of hydrogen-bond acceptors (Lipinski definition) is 5. The van der Waals surface area contributed by atoms with E-state index in [-0.39, 0.29) is 18.4 Å². The maximum absolute atomic E-state index is 12.3. The lowest BCUT2D eigenvalue weighted by molar-refractivity contribution is -0.142. The summed E-state index contributed by atoms with van der Waals surface area (Å²) in [6, 6.07) is 5.07. The minimum atomic E-state index is -3.36. The Morgan fingerprint density at radius 3 is 2.44 bits per heavy atom. The Morgan fingerprint density at radius 2 is 1.96 bits per heavy atom. The quantitative estimate of drug-likeness (QED) is 0.635. The van der Waals surface area contributed by atoms with Gasteiger partial charge in [-0.15, -0.1) is 0 Å². The van der Waals surface area contributed by atoms with Crippen LogP contribution >= 0.6 is 0 Å². The first-order valence-electron chi connectivity index (χ1n) is 7.96. The third-order valence-corrected chi connectivity index (χ3v) is 4.74. The smallest absolute Gasteiger partial charge is 0.326 e. The van der Waals surface area contributed by atoms with Gasteiger partial charge >= 0.3 is 5.97 Å². The van der Waals surface area contributed by atoms with Crippen LogP contribution in [-0.2, 0) is 26.0 Å². The van der Waals surface area contributed by atoms with E-state index < -0.39 is 22.0 Å². The molecule has 8 nitrogen and oxygen atoms in total. The highest BCUT2D eigenvalue weighted by Crippen LogP contribution is 2.16. The molecule has 0 bridgehead atoms. The Balaban J connectivity index is 2.01. The Bertz CT molecular complexity index is 733. The van der Waals surface area contributed by atoms with Crippen molar-refractivity contribution in [1.29, 1.82) is 0 Å². The first-order chi connectivity index (χ1) is 11.7. The minimum absolute atomic E-state index is 0.122. The zero-order chi connectivity index (χ0) is 18.6. The molecule has 0 saturated carbocycles. The van der Waals surface area contributed by atoms with Gasteiger partial charge in [0.05, 0.1) is 12.3 Å². The number of sulfonamides is 1. The molecular weight excluding hydrogens is 346 g/mol. The molecule has 1 amide bonds. The number of anilines is 1. The van der Waals surface area contributed by atoms with Gasteiger partial charge in [0.15, 0.2) is 0 Å². The van der Waals surface area contributed by atoms with Gasteiger partial charge in [-0.1, -0.05) is 12.1 Å². The highest BCUT2D eigenvalue weighted by Gasteiger charge is 2.30. The molecule has 1 aliphatic rings. The van der Waals surface area contributed by atoms with Gasteiger partial charge in [-0.05, 0) is 44.1 Å². The van der Waals surface area contributed by atoms with E-state index >= 15 is 0 Å². The van der Waals surface area contributed by atoms with Gasteiger partial charge in [0.1, 0.15) is 6.04 Å². The molecule has 9 heteroatoms. The van der Waals surface area contributed by atoms with Crippen molar-refractivity contribution in [1.82, 2.24) is 10.2 Å².